The van der Waals surface area contributed by atoms with E-state index in [1.807, 2.05) is 73.7 Å². The summed E-state index contributed by atoms with van der Waals surface area (Å²) in [6.07, 6.45) is 0. The standard InChI is InChI=1S/C23H23ClN2O2/c1-16-12-13-19(14-20(16)24)26-23(27)22(17-8-4-3-5-9-17)25-15-18-10-6-7-11-21(18)28-2/h3-14,22,25H,15H2,1-2H3,(H,26,27). The van der Waals surface area contributed by atoms with Crippen LogP contribution in [0.5, 0.6) is 5.75 Å². The Morgan fingerprint density at radius 1 is 1.04 bits per heavy atom. The molecule has 1 atom stereocenters. The topological polar surface area (TPSA) is 50.4 Å². The molecule has 3 rings (SSSR count). The van der Waals surface area contributed by atoms with Crippen LogP contribution in [0.25, 0.3) is 0 Å². The van der Waals surface area contributed by atoms with E-state index in [-0.39, 0.29) is 5.91 Å². The summed E-state index contributed by atoms with van der Waals surface area (Å²) in [6.45, 7) is 2.42. The maximum absolute atomic E-state index is 13.0. The summed E-state index contributed by atoms with van der Waals surface area (Å²) in [5.74, 6) is 0.633. The smallest absolute Gasteiger partial charge is 0.246 e. The van der Waals surface area contributed by atoms with Gasteiger partial charge in [-0.1, -0.05) is 66.2 Å². The normalized spacial score (nSPS) is 11.7. The average Bonchev–Trinajstić information content (AvgIpc) is 2.72. The van der Waals surface area contributed by atoms with Gasteiger partial charge in [0, 0.05) is 22.8 Å². The fourth-order valence-electron chi connectivity index (χ4n) is 2.95. The number of carbonyl (C=O) groups excluding carboxylic acids is 1. The first kappa shape index (κ1) is 19.9. The minimum absolute atomic E-state index is 0.152. The molecule has 0 spiro atoms. The highest BCUT2D eigenvalue weighted by molar-refractivity contribution is 6.31. The van der Waals surface area contributed by atoms with E-state index in [1.54, 1.807) is 13.2 Å². The lowest BCUT2D eigenvalue weighted by atomic mass is 10.1. The van der Waals surface area contributed by atoms with E-state index < -0.39 is 6.04 Å². The zero-order valence-corrected chi connectivity index (χ0v) is 16.7. The molecule has 0 heterocycles. The molecule has 0 aliphatic rings. The Labute approximate surface area is 170 Å². The molecule has 1 amide bonds. The van der Waals surface area contributed by atoms with Crippen LogP contribution in [0.2, 0.25) is 5.02 Å². The number of halogens is 1. The minimum Gasteiger partial charge on any atom is -0.496 e. The van der Waals surface area contributed by atoms with Crippen LogP contribution >= 0.6 is 11.6 Å². The first-order valence-corrected chi connectivity index (χ1v) is 9.43. The van der Waals surface area contributed by atoms with E-state index in [4.69, 9.17) is 16.3 Å². The van der Waals surface area contributed by atoms with Crippen molar-refractivity contribution in [2.45, 2.75) is 19.5 Å². The number of hydrogen-bond donors (Lipinski definition) is 2. The molecule has 0 fully saturated rings. The lowest BCUT2D eigenvalue weighted by Gasteiger charge is -2.20. The Hall–Kier alpha value is -2.82. The van der Waals surface area contributed by atoms with Crippen LogP contribution in [-0.4, -0.2) is 13.0 Å². The highest BCUT2D eigenvalue weighted by atomic mass is 35.5. The van der Waals surface area contributed by atoms with Gasteiger partial charge >= 0.3 is 0 Å². The number of methoxy groups -OCH3 is 1. The maximum Gasteiger partial charge on any atom is 0.246 e. The van der Waals surface area contributed by atoms with E-state index >= 15 is 0 Å². The van der Waals surface area contributed by atoms with Gasteiger partial charge in [0.2, 0.25) is 5.91 Å². The second kappa shape index (κ2) is 9.40. The number of ether oxygens (including phenoxy) is 1. The first-order chi connectivity index (χ1) is 13.6. The molecule has 144 valence electrons. The van der Waals surface area contributed by atoms with Gasteiger partial charge in [0.1, 0.15) is 11.8 Å². The molecule has 0 aliphatic carbocycles. The molecule has 0 aliphatic heterocycles. The van der Waals surface area contributed by atoms with Gasteiger partial charge in [-0.25, -0.2) is 0 Å². The van der Waals surface area contributed by atoms with Crippen molar-refractivity contribution >= 4 is 23.2 Å². The highest BCUT2D eigenvalue weighted by Crippen LogP contribution is 2.23. The minimum atomic E-state index is -0.522. The second-order valence-electron chi connectivity index (χ2n) is 6.49. The number of aryl methyl sites for hydroxylation is 1. The molecule has 0 saturated carbocycles. The van der Waals surface area contributed by atoms with Gasteiger partial charge in [-0.2, -0.15) is 0 Å². The first-order valence-electron chi connectivity index (χ1n) is 9.05. The monoisotopic (exact) mass is 394 g/mol. The number of para-hydroxylation sites is 1. The van der Waals surface area contributed by atoms with Crippen molar-refractivity contribution in [1.29, 1.82) is 0 Å². The van der Waals surface area contributed by atoms with Crippen LogP contribution in [0, 0.1) is 6.92 Å². The van der Waals surface area contributed by atoms with Crippen LogP contribution in [0.4, 0.5) is 5.69 Å². The van der Waals surface area contributed by atoms with Crippen molar-refractivity contribution < 1.29 is 9.53 Å². The number of carbonyl (C=O) groups is 1. The largest absolute Gasteiger partial charge is 0.496 e. The summed E-state index contributed by atoms with van der Waals surface area (Å²) in [6, 6.07) is 22.4. The lowest BCUT2D eigenvalue weighted by molar-refractivity contribution is -0.118. The second-order valence-corrected chi connectivity index (χ2v) is 6.90. The van der Waals surface area contributed by atoms with Crippen LogP contribution in [-0.2, 0) is 11.3 Å². The SMILES string of the molecule is COc1ccccc1CNC(C(=O)Nc1ccc(C)c(Cl)c1)c1ccccc1. The quantitative estimate of drug-likeness (QED) is 0.584. The molecule has 0 aromatic heterocycles. The molecule has 0 radical (unpaired) electrons. The van der Waals surface area contributed by atoms with Crippen LogP contribution in [0.3, 0.4) is 0 Å². The van der Waals surface area contributed by atoms with Gasteiger partial charge in [-0.05, 0) is 36.2 Å². The molecular weight excluding hydrogens is 372 g/mol. The molecule has 3 aromatic carbocycles. The van der Waals surface area contributed by atoms with Gasteiger partial charge < -0.3 is 10.1 Å². The van der Waals surface area contributed by atoms with Crippen molar-refractivity contribution in [3.8, 4) is 5.75 Å². The van der Waals surface area contributed by atoms with Crippen LogP contribution in [0.1, 0.15) is 22.7 Å². The van der Waals surface area contributed by atoms with Crippen molar-refractivity contribution in [1.82, 2.24) is 5.32 Å². The third-order valence-corrected chi connectivity index (χ3v) is 4.93. The number of benzene rings is 3. The number of anilines is 1. The van der Waals surface area contributed by atoms with Gasteiger partial charge in [0.15, 0.2) is 0 Å². The molecule has 0 saturated heterocycles. The van der Waals surface area contributed by atoms with Gasteiger partial charge in [-0.3, -0.25) is 10.1 Å². The molecule has 1 unspecified atom stereocenters. The highest BCUT2D eigenvalue weighted by Gasteiger charge is 2.21. The number of nitrogens with one attached hydrogen (secondary N) is 2. The predicted molar refractivity (Wildman–Crippen MR) is 114 cm³/mol. The van der Waals surface area contributed by atoms with Gasteiger partial charge in [-0.15, -0.1) is 0 Å². The van der Waals surface area contributed by atoms with Crippen molar-refractivity contribution in [3.05, 3.63) is 94.5 Å². The molecule has 3 aromatic rings. The summed E-state index contributed by atoms with van der Waals surface area (Å²) in [4.78, 5) is 13.0. The van der Waals surface area contributed by atoms with Crippen molar-refractivity contribution in [2.75, 3.05) is 12.4 Å². The Morgan fingerprint density at radius 2 is 1.75 bits per heavy atom. The average molecular weight is 395 g/mol. The van der Waals surface area contributed by atoms with E-state index in [1.165, 1.54) is 0 Å². The predicted octanol–water partition coefficient (Wildman–Crippen LogP) is 5.13. The van der Waals surface area contributed by atoms with Crippen LogP contribution in [0.15, 0.2) is 72.8 Å². The maximum atomic E-state index is 13.0. The third kappa shape index (κ3) is 4.91. The Morgan fingerprint density at radius 3 is 2.46 bits per heavy atom. The lowest BCUT2D eigenvalue weighted by Crippen LogP contribution is -2.32. The summed E-state index contributed by atoms with van der Waals surface area (Å²) < 4.78 is 5.41. The van der Waals surface area contributed by atoms with Gasteiger partial charge in [0.05, 0.1) is 7.11 Å². The Kier molecular flexibility index (Phi) is 6.69. The molecule has 2 N–H and O–H groups in total. The number of hydrogen-bond acceptors (Lipinski definition) is 3. The molecule has 28 heavy (non-hydrogen) atoms. The van der Waals surface area contributed by atoms with Gasteiger partial charge in [0.25, 0.3) is 0 Å². The summed E-state index contributed by atoms with van der Waals surface area (Å²) in [5, 5.41) is 6.93. The number of rotatable bonds is 7. The fraction of sp³-hybridized carbons (Fsp3) is 0.174. The van der Waals surface area contributed by atoms with E-state index in [2.05, 4.69) is 10.6 Å². The Balaban J connectivity index is 1.80. The van der Waals surface area contributed by atoms with Crippen molar-refractivity contribution in [3.63, 3.8) is 0 Å². The molecule has 4 nitrogen and oxygen atoms in total. The fourth-order valence-corrected chi connectivity index (χ4v) is 3.13. The van der Waals surface area contributed by atoms with Crippen molar-refractivity contribution in [2.24, 2.45) is 0 Å². The summed E-state index contributed by atoms with van der Waals surface area (Å²) >= 11 is 6.19. The third-order valence-electron chi connectivity index (χ3n) is 4.52. The summed E-state index contributed by atoms with van der Waals surface area (Å²) in [5.41, 5.74) is 3.50. The summed E-state index contributed by atoms with van der Waals surface area (Å²) in [7, 11) is 1.64. The zero-order valence-electron chi connectivity index (χ0n) is 15.9. The molecule has 5 heteroatoms. The molecule has 0 bridgehead atoms. The number of amides is 1. The van der Waals surface area contributed by atoms with E-state index in [0.717, 1.165) is 22.4 Å². The zero-order chi connectivity index (χ0) is 19.9. The van der Waals surface area contributed by atoms with E-state index in [0.29, 0.717) is 17.3 Å². The molecular formula is C23H23ClN2O2. The Bertz CT molecular complexity index is 944. The van der Waals surface area contributed by atoms with Crippen LogP contribution < -0.4 is 15.4 Å². The van der Waals surface area contributed by atoms with E-state index in [9.17, 15) is 4.79 Å².